The topological polar surface area (TPSA) is 79.6 Å². The molecule has 110 valence electrons. The summed E-state index contributed by atoms with van der Waals surface area (Å²) in [4.78, 5) is 11.3. The first-order chi connectivity index (χ1) is 9.39. The Morgan fingerprint density at radius 3 is 2.55 bits per heavy atom. The molecule has 20 heavy (non-hydrogen) atoms. The summed E-state index contributed by atoms with van der Waals surface area (Å²) in [5.41, 5.74) is 0.0610. The highest BCUT2D eigenvalue weighted by Gasteiger charge is 2.33. The summed E-state index contributed by atoms with van der Waals surface area (Å²) in [6.45, 7) is 0.513. The van der Waals surface area contributed by atoms with Crippen LogP contribution in [-0.2, 0) is 10.0 Å². The lowest BCUT2D eigenvalue weighted by atomic mass is 10.4. The van der Waals surface area contributed by atoms with Gasteiger partial charge in [-0.15, -0.1) is 0 Å². The van der Waals surface area contributed by atoms with E-state index in [9.17, 15) is 18.3 Å². The van der Waals surface area contributed by atoms with E-state index in [2.05, 4.69) is 0 Å². The van der Waals surface area contributed by atoms with E-state index >= 15 is 0 Å². The molecule has 1 aromatic heterocycles. The number of hydrogen-bond acceptors (Lipinski definition) is 3. The van der Waals surface area contributed by atoms with Crippen molar-refractivity contribution >= 4 is 16.0 Å². The van der Waals surface area contributed by atoms with Gasteiger partial charge in [-0.05, 0) is 37.7 Å². The fraction of sp³-hybridized carbons (Fsp3) is 0.615. The van der Waals surface area contributed by atoms with Crippen LogP contribution in [0.5, 0.6) is 0 Å². The summed E-state index contributed by atoms with van der Waals surface area (Å²) < 4.78 is 27.8. The van der Waals surface area contributed by atoms with Gasteiger partial charge in [-0.2, -0.15) is 0 Å². The molecule has 0 atom stereocenters. The molecule has 0 unspecified atom stereocenters. The Labute approximate surface area is 118 Å². The standard InChI is InChI=1S/C13H18N2O4S/c1-14(7-9-2-3-9)20(18,19)11-6-12(13(16)17)15(8-11)10-4-5-10/h6,8-10H,2-5,7H2,1H3,(H,16,17). The van der Waals surface area contributed by atoms with Crippen molar-refractivity contribution in [1.82, 2.24) is 8.87 Å². The van der Waals surface area contributed by atoms with Gasteiger partial charge in [-0.25, -0.2) is 17.5 Å². The van der Waals surface area contributed by atoms with Crippen molar-refractivity contribution in [3.05, 3.63) is 18.0 Å². The first kappa shape index (κ1) is 13.6. The molecule has 2 aliphatic rings. The van der Waals surface area contributed by atoms with Crippen molar-refractivity contribution in [2.45, 2.75) is 36.6 Å². The summed E-state index contributed by atoms with van der Waals surface area (Å²) in [6, 6.07) is 1.41. The van der Waals surface area contributed by atoms with Gasteiger partial charge in [0.2, 0.25) is 10.0 Å². The first-order valence-electron chi connectivity index (χ1n) is 6.81. The molecule has 3 rings (SSSR count). The molecular formula is C13H18N2O4S. The van der Waals surface area contributed by atoms with Crippen LogP contribution in [0.25, 0.3) is 0 Å². The van der Waals surface area contributed by atoms with Crippen LogP contribution in [0.4, 0.5) is 0 Å². The molecule has 1 heterocycles. The van der Waals surface area contributed by atoms with Crippen LogP contribution in [0.15, 0.2) is 17.2 Å². The molecular weight excluding hydrogens is 280 g/mol. The lowest BCUT2D eigenvalue weighted by molar-refractivity contribution is 0.0685. The zero-order valence-electron chi connectivity index (χ0n) is 11.3. The third-order valence-electron chi connectivity index (χ3n) is 3.90. The summed E-state index contributed by atoms with van der Waals surface area (Å²) in [7, 11) is -2.03. The number of rotatable bonds is 6. The maximum absolute atomic E-state index is 12.4. The SMILES string of the molecule is CN(CC1CC1)S(=O)(=O)c1cc(C(=O)O)n(C2CC2)c1. The van der Waals surface area contributed by atoms with Crippen molar-refractivity contribution in [1.29, 1.82) is 0 Å². The second-order valence-corrected chi connectivity index (χ2v) is 7.78. The molecule has 2 fully saturated rings. The summed E-state index contributed by atoms with van der Waals surface area (Å²) >= 11 is 0. The molecule has 2 saturated carbocycles. The Hall–Kier alpha value is -1.34. The van der Waals surface area contributed by atoms with Crippen LogP contribution in [0.2, 0.25) is 0 Å². The summed E-state index contributed by atoms with van der Waals surface area (Å²) in [5, 5.41) is 9.19. The number of nitrogens with zero attached hydrogens (tertiary/aromatic N) is 2. The number of carboxylic acid groups (broad SMARTS) is 1. The summed E-state index contributed by atoms with van der Waals surface area (Å²) in [5.74, 6) is -0.623. The zero-order chi connectivity index (χ0) is 14.5. The Bertz CT molecular complexity index is 641. The molecule has 1 aromatic rings. The van der Waals surface area contributed by atoms with Gasteiger partial charge >= 0.3 is 5.97 Å². The van der Waals surface area contributed by atoms with Gasteiger partial charge in [-0.1, -0.05) is 0 Å². The maximum Gasteiger partial charge on any atom is 0.352 e. The van der Waals surface area contributed by atoms with Crippen LogP contribution in [-0.4, -0.2) is 42.0 Å². The maximum atomic E-state index is 12.4. The monoisotopic (exact) mass is 298 g/mol. The molecule has 0 radical (unpaired) electrons. The smallest absolute Gasteiger partial charge is 0.352 e. The molecule has 6 nitrogen and oxygen atoms in total. The van der Waals surface area contributed by atoms with Gasteiger partial charge in [0, 0.05) is 25.8 Å². The molecule has 0 spiro atoms. The van der Waals surface area contributed by atoms with E-state index in [4.69, 9.17) is 0 Å². The van der Waals surface area contributed by atoms with Crippen LogP contribution < -0.4 is 0 Å². The fourth-order valence-electron chi connectivity index (χ4n) is 2.36. The second-order valence-electron chi connectivity index (χ2n) is 5.73. The largest absolute Gasteiger partial charge is 0.477 e. The Balaban J connectivity index is 1.92. The van der Waals surface area contributed by atoms with Crippen molar-refractivity contribution in [3.8, 4) is 0 Å². The van der Waals surface area contributed by atoms with E-state index in [1.54, 1.807) is 11.6 Å². The van der Waals surface area contributed by atoms with Crippen molar-refractivity contribution in [2.24, 2.45) is 5.92 Å². The minimum atomic E-state index is -3.59. The minimum absolute atomic E-state index is 0.0610. The number of sulfonamides is 1. The molecule has 0 amide bonds. The van der Waals surface area contributed by atoms with E-state index in [0.29, 0.717) is 12.5 Å². The Kier molecular flexibility index (Phi) is 3.13. The van der Waals surface area contributed by atoms with Crippen LogP contribution in [0.3, 0.4) is 0 Å². The second kappa shape index (κ2) is 4.60. The van der Waals surface area contributed by atoms with Gasteiger partial charge < -0.3 is 9.67 Å². The first-order valence-corrected chi connectivity index (χ1v) is 8.25. The van der Waals surface area contributed by atoms with Gasteiger partial charge in [0.1, 0.15) is 10.6 Å². The van der Waals surface area contributed by atoms with E-state index in [0.717, 1.165) is 25.7 Å². The number of aromatic nitrogens is 1. The van der Waals surface area contributed by atoms with Crippen LogP contribution >= 0.6 is 0 Å². The average Bonchev–Trinajstić information content (AvgIpc) is 3.29. The number of aromatic carboxylic acids is 1. The quantitative estimate of drug-likeness (QED) is 0.864. The lowest BCUT2D eigenvalue weighted by Crippen LogP contribution is -2.28. The van der Waals surface area contributed by atoms with Gasteiger partial charge in [0.25, 0.3) is 0 Å². The number of hydrogen-bond donors (Lipinski definition) is 1. The van der Waals surface area contributed by atoms with E-state index in [1.807, 2.05) is 0 Å². The molecule has 0 bridgehead atoms. The molecule has 0 aromatic carbocycles. The van der Waals surface area contributed by atoms with Gasteiger partial charge in [-0.3, -0.25) is 0 Å². The normalized spacial score (nSPS) is 19.5. The van der Waals surface area contributed by atoms with Crippen molar-refractivity contribution in [2.75, 3.05) is 13.6 Å². The Morgan fingerprint density at radius 1 is 1.40 bits per heavy atom. The molecule has 1 N–H and O–H groups in total. The van der Waals surface area contributed by atoms with Gasteiger partial charge in [0.05, 0.1) is 0 Å². The predicted octanol–water partition coefficient (Wildman–Crippen LogP) is 1.55. The average molecular weight is 298 g/mol. The van der Waals surface area contributed by atoms with E-state index < -0.39 is 16.0 Å². The van der Waals surface area contributed by atoms with Crippen LogP contribution in [0.1, 0.15) is 42.2 Å². The van der Waals surface area contributed by atoms with Crippen LogP contribution in [0, 0.1) is 5.92 Å². The lowest BCUT2D eigenvalue weighted by Gasteiger charge is -2.15. The zero-order valence-corrected chi connectivity index (χ0v) is 12.1. The highest BCUT2D eigenvalue weighted by molar-refractivity contribution is 7.89. The number of carbonyl (C=O) groups is 1. The molecule has 0 aliphatic heterocycles. The number of carboxylic acids is 1. The third kappa shape index (κ3) is 2.47. The predicted molar refractivity (Wildman–Crippen MR) is 72.2 cm³/mol. The van der Waals surface area contributed by atoms with Gasteiger partial charge in [0.15, 0.2) is 0 Å². The fourth-order valence-corrected chi connectivity index (χ4v) is 3.64. The van der Waals surface area contributed by atoms with E-state index in [-0.39, 0.29) is 16.6 Å². The highest BCUT2D eigenvalue weighted by atomic mass is 32.2. The minimum Gasteiger partial charge on any atom is -0.477 e. The highest BCUT2D eigenvalue weighted by Crippen LogP contribution is 2.38. The summed E-state index contributed by atoms with van der Waals surface area (Å²) in [6.07, 6.45) is 5.44. The van der Waals surface area contributed by atoms with E-state index in [1.165, 1.54) is 16.6 Å². The van der Waals surface area contributed by atoms with Crippen molar-refractivity contribution < 1.29 is 18.3 Å². The molecule has 7 heteroatoms. The Morgan fingerprint density at radius 2 is 2.05 bits per heavy atom. The molecule has 0 saturated heterocycles. The third-order valence-corrected chi connectivity index (χ3v) is 5.69. The van der Waals surface area contributed by atoms with Crippen molar-refractivity contribution in [3.63, 3.8) is 0 Å². The molecule has 2 aliphatic carbocycles.